The third kappa shape index (κ3) is 2.54. The van der Waals surface area contributed by atoms with Crippen LogP contribution in [0.25, 0.3) is 0 Å². The normalized spacial score (nSPS) is 26.3. The van der Waals surface area contributed by atoms with E-state index in [4.69, 9.17) is 14.2 Å². The Balaban J connectivity index is 1.54. The van der Waals surface area contributed by atoms with Crippen LogP contribution in [0.1, 0.15) is 24.8 Å². The van der Waals surface area contributed by atoms with Gasteiger partial charge in [-0.15, -0.1) is 0 Å². The molecule has 6 heteroatoms. The van der Waals surface area contributed by atoms with Crippen molar-refractivity contribution in [1.29, 1.82) is 0 Å². The van der Waals surface area contributed by atoms with Gasteiger partial charge in [0.25, 0.3) is 0 Å². The van der Waals surface area contributed by atoms with E-state index in [1.165, 1.54) is 19.3 Å². The predicted molar refractivity (Wildman–Crippen MR) is 94.4 cm³/mol. The number of carbonyl (C=O) groups is 1. The number of benzene rings is 1. The van der Waals surface area contributed by atoms with Crippen LogP contribution in [-0.4, -0.2) is 51.0 Å². The van der Waals surface area contributed by atoms with Gasteiger partial charge in [0.05, 0.1) is 33.5 Å². The van der Waals surface area contributed by atoms with E-state index in [1.807, 2.05) is 24.0 Å². The van der Waals surface area contributed by atoms with E-state index < -0.39 is 0 Å². The number of likely N-dealkylation sites (tertiary alicyclic amines) is 1. The number of carbonyl (C=O) groups excluding carboxylic acids is 1. The molecule has 1 saturated carbocycles. The van der Waals surface area contributed by atoms with Gasteiger partial charge in [-0.05, 0) is 25.2 Å². The number of fused-ring (bicyclic) bond motifs is 2. The van der Waals surface area contributed by atoms with Crippen LogP contribution in [0, 0.1) is 18.3 Å². The van der Waals surface area contributed by atoms with Gasteiger partial charge in [-0.25, -0.2) is 4.79 Å². The Morgan fingerprint density at radius 1 is 1.24 bits per heavy atom. The number of nitrogens with one attached hydrogen (secondary N) is 1. The fourth-order valence-electron chi connectivity index (χ4n) is 4.74. The third-order valence-corrected chi connectivity index (χ3v) is 6.34. The van der Waals surface area contributed by atoms with Crippen molar-refractivity contribution >= 4 is 11.7 Å². The molecule has 2 amide bonds. The largest absolute Gasteiger partial charge is 0.496 e. The van der Waals surface area contributed by atoms with E-state index in [0.29, 0.717) is 35.1 Å². The Bertz CT molecular complexity index is 661. The van der Waals surface area contributed by atoms with Gasteiger partial charge in [0.15, 0.2) is 0 Å². The first-order valence-electron chi connectivity index (χ1n) is 8.96. The van der Waals surface area contributed by atoms with E-state index in [-0.39, 0.29) is 12.1 Å². The molecule has 6 nitrogen and oxygen atoms in total. The van der Waals surface area contributed by atoms with Crippen LogP contribution in [0.15, 0.2) is 12.1 Å². The summed E-state index contributed by atoms with van der Waals surface area (Å²) in [5.74, 6) is 1.90. The van der Waals surface area contributed by atoms with Crippen molar-refractivity contribution in [2.24, 2.45) is 11.3 Å². The molecule has 4 rings (SSSR count). The lowest BCUT2D eigenvalue weighted by Crippen LogP contribution is -2.41. The molecule has 1 aliphatic carbocycles. The van der Waals surface area contributed by atoms with Crippen molar-refractivity contribution in [2.45, 2.75) is 32.2 Å². The maximum atomic E-state index is 12.9. The zero-order valence-corrected chi connectivity index (χ0v) is 15.1. The topological polar surface area (TPSA) is 60.0 Å². The molecule has 1 aromatic rings. The van der Waals surface area contributed by atoms with Gasteiger partial charge in [-0.3, -0.25) is 0 Å². The lowest BCUT2D eigenvalue weighted by molar-refractivity contribution is 0.0567. The van der Waals surface area contributed by atoms with E-state index >= 15 is 0 Å². The van der Waals surface area contributed by atoms with Gasteiger partial charge in [-0.1, -0.05) is 6.42 Å². The summed E-state index contributed by atoms with van der Waals surface area (Å²) in [5, 5.41) is 3.03. The molecule has 2 heterocycles. The number of amides is 2. The van der Waals surface area contributed by atoms with Crippen LogP contribution in [0.4, 0.5) is 10.5 Å². The number of hydrogen-bond donors (Lipinski definition) is 1. The lowest BCUT2D eigenvalue weighted by atomic mass is 9.62. The monoisotopic (exact) mass is 346 g/mol. The third-order valence-electron chi connectivity index (χ3n) is 6.34. The number of methoxy groups -OCH3 is 2. The summed E-state index contributed by atoms with van der Waals surface area (Å²) in [4.78, 5) is 14.9. The SMILES string of the molecule is COc1cc(NC(=O)N2CC3(CCC3)[C@@H]3COC[C@H]32)cc(OC)c1C. The van der Waals surface area contributed by atoms with E-state index in [0.717, 1.165) is 18.7 Å². The number of hydrogen-bond acceptors (Lipinski definition) is 4. The molecular formula is C19H26N2O4. The number of urea groups is 1. The second kappa shape index (κ2) is 6.09. The van der Waals surface area contributed by atoms with Gasteiger partial charge >= 0.3 is 6.03 Å². The fourth-order valence-corrected chi connectivity index (χ4v) is 4.74. The molecule has 25 heavy (non-hydrogen) atoms. The zero-order chi connectivity index (χ0) is 17.6. The first kappa shape index (κ1) is 16.5. The summed E-state index contributed by atoms with van der Waals surface area (Å²) < 4.78 is 16.5. The maximum absolute atomic E-state index is 12.9. The van der Waals surface area contributed by atoms with E-state index in [2.05, 4.69) is 5.32 Å². The van der Waals surface area contributed by atoms with Crippen molar-refractivity contribution in [1.82, 2.24) is 4.90 Å². The van der Waals surface area contributed by atoms with E-state index in [1.54, 1.807) is 14.2 Å². The van der Waals surface area contributed by atoms with Crippen molar-refractivity contribution in [3.8, 4) is 11.5 Å². The zero-order valence-electron chi connectivity index (χ0n) is 15.1. The van der Waals surface area contributed by atoms with Gasteiger partial charge in [0.2, 0.25) is 0 Å². The van der Waals surface area contributed by atoms with Crippen LogP contribution < -0.4 is 14.8 Å². The number of ether oxygens (including phenoxy) is 3. The molecule has 0 unspecified atom stereocenters. The second-order valence-electron chi connectivity index (χ2n) is 7.49. The summed E-state index contributed by atoms with van der Waals surface area (Å²) >= 11 is 0. The Morgan fingerprint density at radius 2 is 1.92 bits per heavy atom. The second-order valence-corrected chi connectivity index (χ2v) is 7.49. The van der Waals surface area contributed by atoms with Crippen LogP contribution in [0.2, 0.25) is 0 Å². The highest BCUT2D eigenvalue weighted by Crippen LogP contribution is 2.55. The highest BCUT2D eigenvalue weighted by atomic mass is 16.5. The van der Waals surface area contributed by atoms with Crippen molar-refractivity contribution < 1.29 is 19.0 Å². The first-order valence-corrected chi connectivity index (χ1v) is 8.96. The molecule has 1 N–H and O–H groups in total. The minimum absolute atomic E-state index is 0.0581. The molecule has 0 radical (unpaired) electrons. The van der Waals surface area contributed by atoms with Gasteiger partial charge < -0.3 is 24.4 Å². The first-order chi connectivity index (χ1) is 12.1. The quantitative estimate of drug-likeness (QED) is 0.914. The van der Waals surface area contributed by atoms with Crippen LogP contribution in [0.3, 0.4) is 0 Å². The Hall–Kier alpha value is -1.95. The lowest BCUT2D eigenvalue weighted by Gasteiger charge is -2.41. The molecule has 2 atom stereocenters. The average molecular weight is 346 g/mol. The molecule has 1 spiro atoms. The van der Waals surface area contributed by atoms with Crippen molar-refractivity contribution in [3.63, 3.8) is 0 Å². The highest BCUT2D eigenvalue weighted by molar-refractivity contribution is 5.90. The molecule has 3 aliphatic rings. The molecule has 2 aliphatic heterocycles. The minimum Gasteiger partial charge on any atom is -0.496 e. The van der Waals surface area contributed by atoms with Crippen molar-refractivity contribution in [2.75, 3.05) is 39.3 Å². The summed E-state index contributed by atoms with van der Waals surface area (Å²) in [5.41, 5.74) is 1.90. The molecular weight excluding hydrogens is 320 g/mol. The van der Waals surface area contributed by atoms with Crippen LogP contribution >= 0.6 is 0 Å². The van der Waals surface area contributed by atoms with Crippen LogP contribution in [0.5, 0.6) is 11.5 Å². The smallest absolute Gasteiger partial charge is 0.322 e. The minimum atomic E-state index is -0.0581. The van der Waals surface area contributed by atoms with Gasteiger partial charge in [-0.2, -0.15) is 0 Å². The van der Waals surface area contributed by atoms with Gasteiger partial charge in [0.1, 0.15) is 11.5 Å². The Labute approximate surface area is 148 Å². The number of anilines is 1. The number of nitrogens with zero attached hydrogens (tertiary/aromatic N) is 1. The summed E-state index contributed by atoms with van der Waals surface area (Å²) in [6.07, 6.45) is 3.70. The highest BCUT2D eigenvalue weighted by Gasteiger charge is 2.58. The summed E-state index contributed by atoms with van der Waals surface area (Å²) in [7, 11) is 3.24. The van der Waals surface area contributed by atoms with Gasteiger partial charge in [0, 0.05) is 35.8 Å². The molecule has 0 aromatic heterocycles. The van der Waals surface area contributed by atoms with Crippen molar-refractivity contribution in [3.05, 3.63) is 17.7 Å². The molecule has 0 bridgehead atoms. The Morgan fingerprint density at radius 3 is 2.48 bits per heavy atom. The summed E-state index contributed by atoms with van der Waals surface area (Å²) in [6, 6.07) is 3.83. The number of rotatable bonds is 3. The summed E-state index contributed by atoms with van der Waals surface area (Å²) in [6.45, 7) is 4.23. The molecule has 136 valence electrons. The Kier molecular flexibility index (Phi) is 4.02. The fraction of sp³-hybridized carbons (Fsp3) is 0.632. The molecule has 3 fully saturated rings. The average Bonchev–Trinajstić information content (AvgIpc) is 3.16. The molecule has 1 aromatic carbocycles. The van der Waals surface area contributed by atoms with E-state index in [9.17, 15) is 4.79 Å². The standard InChI is InChI=1S/C19H26N2O4/c1-12-16(23-2)7-13(8-17(12)24-3)20-18(22)21-11-19(5-4-6-19)14-9-25-10-15(14)21/h7-8,14-15H,4-6,9-11H2,1-3H3,(H,20,22)/t14-,15-/m1/s1. The van der Waals surface area contributed by atoms with Crippen LogP contribution in [-0.2, 0) is 4.74 Å². The molecule has 2 saturated heterocycles. The maximum Gasteiger partial charge on any atom is 0.322 e. The predicted octanol–water partition coefficient (Wildman–Crippen LogP) is 3.05.